The predicted octanol–water partition coefficient (Wildman–Crippen LogP) is 4.15. The maximum atomic E-state index is 12.6. The molecule has 29 heavy (non-hydrogen) atoms. The maximum absolute atomic E-state index is 12.6. The molecule has 3 rings (SSSR count). The molecule has 0 bridgehead atoms. The van der Waals surface area contributed by atoms with E-state index in [9.17, 15) is 9.59 Å². The van der Waals surface area contributed by atoms with Gasteiger partial charge in [-0.25, -0.2) is 9.78 Å². The highest BCUT2D eigenvalue weighted by Crippen LogP contribution is 2.18. The molecule has 0 fully saturated rings. The summed E-state index contributed by atoms with van der Waals surface area (Å²) in [6.45, 7) is 2.72. The van der Waals surface area contributed by atoms with Crippen LogP contribution in [0, 0.1) is 0 Å². The number of nitrogens with one attached hydrogen (secondary N) is 1. The highest BCUT2D eigenvalue weighted by molar-refractivity contribution is 6.07. The van der Waals surface area contributed by atoms with Crippen molar-refractivity contribution in [3.05, 3.63) is 89.6 Å². The zero-order valence-corrected chi connectivity index (χ0v) is 16.5. The zero-order chi connectivity index (χ0) is 20.6. The van der Waals surface area contributed by atoms with Gasteiger partial charge in [-0.1, -0.05) is 42.5 Å². The van der Waals surface area contributed by atoms with Gasteiger partial charge in [-0.2, -0.15) is 0 Å². The summed E-state index contributed by atoms with van der Waals surface area (Å²) < 4.78 is 5.04. The number of amides is 1. The molecule has 148 valence electrons. The van der Waals surface area contributed by atoms with Gasteiger partial charge in [-0.05, 0) is 36.8 Å². The first-order valence-electron chi connectivity index (χ1n) is 9.37. The Balaban J connectivity index is 1.69. The first kappa shape index (κ1) is 20.1. The number of aromatic nitrogens is 1. The minimum atomic E-state index is -0.473. The second-order valence-electron chi connectivity index (χ2n) is 6.47. The minimum absolute atomic E-state index is 0.267. The second-order valence-corrected chi connectivity index (χ2v) is 6.47. The summed E-state index contributed by atoms with van der Waals surface area (Å²) in [4.78, 5) is 31.1. The Kier molecular flexibility index (Phi) is 6.58. The largest absolute Gasteiger partial charge is 0.462 e. The number of para-hydroxylation sites is 1. The van der Waals surface area contributed by atoms with Crippen molar-refractivity contribution in [2.45, 2.75) is 13.5 Å². The lowest BCUT2D eigenvalue weighted by Crippen LogP contribution is -2.19. The smallest absolute Gasteiger partial charge is 0.340 e. The number of carbonyl (C=O) groups excluding carboxylic acids is 2. The molecule has 0 aliphatic heterocycles. The van der Waals surface area contributed by atoms with Gasteiger partial charge in [0.2, 0.25) is 0 Å². The predicted molar refractivity (Wildman–Crippen MR) is 113 cm³/mol. The Labute approximate surface area is 170 Å². The van der Waals surface area contributed by atoms with Crippen molar-refractivity contribution in [1.29, 1.82) is 0 Å². The van der Waals surface area contributed by atoms with Crippen LogP contribution < -0.4 is 10.2 Å². The molecule has 0 aliphatic carbocycles. The SMILES string of the molecule is CCOC(=O)c1ccccc1NC(=O)c1ccc(N(C)Cc2ccccc2)nc1. The topological polar surface area (TPSA) is 71.5 Å². The Bertz CT molecular complexity index is 972. The van der Waals surface area contributed by atoms with Gasteiger partial charge in [0.25, 0.3) is 5.91 Å². The molecule has 6 nitrogen and oxygen atoms in total. The molecule has 0 saturated heterocycles. The molecule has 1 N–H and O–H groups in total. The van der Waals surface area contributed by atoms with Gasteiger partial charge in [0.1, 0.15) is 5.82 Å². The number of hydrogen-bond acceptors (Lipinski definition) is 5. The molecule has 0 unspecified atom stereocenters. The van der Waals surface area contributed by atoms with E-state index >= 15 is 0 Å². The summed E-state index contributed by atoms with van der Waals surface area (Å²) >= 11 is 0. The standard InChI is InChI=1S/C23H23N3O3/c1-3-29-23(28)19-11-7-8-12-20(19)25-22(27)18-13-14-21(24-15-18)26(2)16-17-9-5-4-6-10-17/h4-15H,3,16H2,1-2H3,(H,25,27). The number of carbonyl (C=O) groups is 2. The molecule has 0 atom stereocenters. The van der Waals surface area contributed by atoms with Crippen LogP contribution in [0.3, 0.4) is 0 Å². The van der Waals surface area contributed by atoms with E-state index in [1.807, 2.05) is 30.1 Å². The number of pyridine rings is 1. The summed E-state index contributed by atoms with van der Waals surface area (Å²) in [5.41, 5.74) is 2.30. The molecule has 6 heteroatoms. The van der Waals surface area contributed by atoms with Crippen LogP contribution in [-0.4, -0.2) is 30.5 Å². The summed E-state index contributed by atoms with van der Waals surface area (Å²) in [5, 5.41) is 2.76. The number of anilines is 2. The van der Waals surface area contributed by atoms with Gasteiger partial charge < -0.3 is 15.0 Å². The molecule has 1 heterocycles. The van der Waals surface area contributed by atoms with E-state index < -0.39 is 5.97 Å². The Morgan fingerprint density at radius 1 is 1.00 bits per heavy atom. The van der Waals surface area contributed by atoms with Crippen molar-refractivity contribution in [3.63, 3.8) is 0 Å². The van der Waals surface area contributed by atoms with Crippen LogP contribution >= 0.6 is 0 Å². The van der Waals surface area contributed by atoms with Crippen molar-refractivity contribution >= 4 is 23.4 Å². The number of hydrogen-bond donors (Lipinski definition) is 1. The Morgan fingerprint density at radius 3 is 2.41 bits per heavy atom. The van der Waals surface area contributed by atoms with Gasteiger partial charge in [0, 0.05) is 19.8 Å². The van der Waals surface area contributed by atoms with Gasteiger partial charge in [-0.15, -0.1) is 0 Å². The van der Waals surface area contributed by atoms with E-state index in [0.29, 0.717) is 23.4 Å². The zero-order valence-electron chi connectivity index (χ0n) is 16.5. The fraction of sp³-hybridized carbons (Fsp3) is 0.174. The third kappa shape index (κ3) is 5.19. The first-order valence-corrected chi connectivity index (χ1v) is 9.37. The lowest BCUT2D eigenvalue weighted by atomic mass is 10.1. The lowest BCUT2D eigenvalue weighted by Gasteiger charge is -2.18. The van der Waals surface area contributed by atoms with Crippen molar-refractivity contribution < 1.29 is 14.3 Å². The maximum Gasteiger partial charge on any atom is 0.340 e. The van der Waals surface area contributed by atoms with Crippen LogP contribution in [0.1, 0.15) is 33.2 Å². The molecule has 3 aromatic rings. The van der Waals surface area contributed by atoms with Gasteiger partial charge in [0.05, 0.1) is 23.4 Å². The molecule has 0 saturated carbocycles. The third-order valence-electron chi connectivity index (χ3n) is 4.33. The van der Waals surface area contributed by atoms with E-state index in [2.05, 4.69) is 22.4 Å². The van der Waals surface area contributed by atoms with Crippen LogP contribution in [0.15, 0.2) is 72.9 Å². The third-order valence-corrected chi connectivity index (χ3v) is 4.33. The Morgan fingerprint density at radius 2 is 1.72 bits per heavy atom. The number of ether oxygens (including phenoxy) is 1. The van der Waals surface area contributed by atoms with E-state index in [1.54, 1.807) is 43.3 Å². The van der Waals surface area contributed by atoms with Gasteiger partial charge in [0.15, 0.2) is 0 Å². The summed E-state index contributed by atoms with van der Waals surface area (Å²) in [6.07, 6.45) is 1.53. The van der Waals surface area contributed by atoms with Crippen molar-refractivity contribution in [3.8, 4) is 0 Å². The molecule has 0 radical (unpaired) electrons. The molecule has 1 amide bonds. The molecular formula is C23H23N3O3. The molecular weight excluding hydrogens is 366 g/mol. The number of esters is 1. The van der Waals surface area contributed by atoms with Crippen LogP contribution in [-0.2, 0) is 11.3 Å². The van der Waals surface area contributed by atoms with E-state index in [1.165, 1.54) is 11.8 Å². The van der Waals surface area contributed by atoms with E-state index in [0.717, 1.165) is 5.82 Å². The van der Waals surface area contributed by atoms with Crippen molar-refractivity contribution in [2.24, 2.45) is 0 Å². The number of rotatable bonds is 7. The van der Waals surface area contributed by atoms with Crippen LogP contribution in [0.2, 0.25) is 0 Å². The summed E-state index contributed by atoms with van der Waals surface area (Å²) in [7, 11) is 1.95. The quantitative estimate of drug-likeness (QED) is 0.615. The molecule has 2 aromatic carbocycles. The minimum Gasteiger partial charge on any atom is -0.462 e. The summed E-state index contributed by atoms with van der Waals surface area (Å²) in [6, 6.07) is 20.4. The first-order chi connectivity index (χ1) is 14.1. The summed E-state index contributed by atoms with van der Waals surface area (Å²) in [5.74, 6) is -0.0525. The van der Waals surface area contributed by atoms with Gasteiger partial charge >= 0.3 is 5.97 Å². The van der Waals surface area contributed by atoms with Crippen molar-refractivity contribution in [2.75, 3.05) is 23.9 Å². The number of nitrogens with zero attached hydrogens (tertiary/aromatic N) is 2. The Hall–Kier alpha value is -3.67. The second kappa shape index (κ2) is 9.50. The van der Waals surface area contributed by atoms with E-state index in [-0.39, 0.29) is 12.5 Å². The van der Waals surface area contributed by atoms with Crippen LogP contribution in [0.4, 0.5) is 11.5 Å². The fourth-order valence-corrected chi connectivity index (χ4v) is 2.86. The highest BCUT2D eigenvalue weighted by atomic mass is 16.5. The number of benzene rings is 2. The lowest BCUT2D eigenvalue weighted by molar-refractivity contribution is 0.0527. The fourth-order valence-electron chi connectivity index (χ4n) is 2.86. The normalized spacial score (nSPS) is 10.3. The highest BCUT2D eigenvalue weighted by Gasteiger charge is 2.15. The molecule has 1 aromatic heterocycles. The molecule has 0 aliphatic rings. The molecule has 0 spiro atoms. The van der Waals surface area contributed by atoms with Crippen LogP contribution in [0.5, 0.6) is 0 Å². The average molecular weight is 389 g/mol. The van der Waals surface area contributed by atoms with Gasteiger partial charge in [-0.3, -0.25) is 4.79 Å². The van der Waals surface area contributed by atoms with E-state index in [4.69, 9.17) is 4.74 Å². The monoisotopic (exact) mass is 389 g/mol. The average Bonchev–Trinajstić information content (AvgIpc) is 2.75. The van der Waals surface area contributed by atoms with Crippen molar-refractivity contribution in [1.82, 2.24) is 4.98 Å². The van der Waals surface area contributed by atoms with Crippen LogP contribution in [0.25, 0.3) is 0 Å².